The Labute approximate surface area is 179 Å². The third-order valence-electron chi connectivity index (χ3n) is 3.99. The number of hydrogen-bond donors (Lipinski definition) is 3. The molecule has 2 aromatic carbocycles. The molecule has 0 aliphatic heterocycles. The van der Waals surface area contributed by atoms with E-state index in [0.717, 1.165) is 6.42 Å². The summed E-state index contributed by atoms with van der Waals surface area (Å²) in [5.41, 5.74) is 1.69. The van der Waals surface area contributed by atoms with Crippen LogP contribution in [0.25, 0.3) is 0 Å². The number of rotatable bonds is 8. The van der Waals surface area contributed by atoms with Gasteiger partial charge in [-0.15, -0.1) is 0 Å². The minimum Gasteiger partial charge on any atom is -0.465 e. The van der Waals surface area contributed by atoms with Crippen LogP contribution >= 0.6 is 12.2 Å². The van der Waals surface area contributed by atoms with Gasteiger partial charge in [-0.25, -0.2) is 4.79 Å². The summed E-state index contributed by atoms with van der Waals surface area (Å²) in [4.78, 5) is 36.0. The Morgan fingerprint density at radius 2 is 1.63 bits per heavy atom. The standard InChI is InChI=1S/C21H23N3O5S/c1-28-12-4-11-22-18(25)16-5-3-6-17(13-16)23-21(30)24-19(26)14-7-9-15(10-8-14)20(27)29-2/h3,5-10,13H,4,11-12H2,1-2H3,(H,22,25)(H2,23,24,26,30). The predicted molar refractivity (Wildman–Crippen MR) is 117 cm³/mol. The quantitative estimate of drug-likeness (QED) is 0.336. The molecule has 0 unspecified atom stereocenters. The van der Waals surface area contributed by atoms with Crippen LogP contribution in [0.3, 0.4) is 0 Å². The van der Waals surface area contributed by atoms with E-state index in [-0.39, 0.29) is 11.0 Å². The van der Waals surface area contributed by atoms with Crippen LogP contribution in [0, 0.1) is 0 Å². The van der Waals surface area contributed by atoms with Crippen LogP contribution in [0.4, 0.5) is 5.69 Å². The van der Waals surface area contributed by atoms with E-state index in [9.17, 15) is 14.4 Å². The van der Waals surface area contributed by atoms with Gasteiger partial charge in [-0.3, -0.25) is 14.9 Å². The fourth-order valence-corrected chi connectivity index (χ4v) is 2.68. The number of thiocarbonyl (C=S) groups is 1. The molecule has 9 heteroatoms. The van der Waals surface area contributed by atoms with Crippen molar-refractivity contribution in [2.24, 2.45) is 0 Å². The molecule has 0 radical (unpaired) electrons. The summed E-state index contributed by atoms with van der Waals surface area (Å²) in [5, 5.41) is 8.31. The zero-order chi connectivity index (χ0) is 21.9. The molecule has 158 valence electrons. The molecule has 30 heavy (non-hydrogen) atoms. The summed E-state index contributed by atoms with van der Waals surface area (Å²) in [7, 11) is 2.89. The van der Waals surface area contributed by atoms with E-state index in [1.807, 2.05) is 0 Å². The molecule has 0 aliphatic carbocycles. The summed E-state index contributed by atoms with van der Waals surface area (Å²) in [6.45, 7) is 1.08. The summed E-state index contributed by atoms with van der Waals surface area (Å²) >= 11 is 5.17. The van der Waals surface area contributed by atoms with Gasteiger partial charge in [0.1, 0.15) is 0 Å². The number of hydrogen-bond acceptors (Lipinski definition) is 6. The van der Waals surface area contributed by atoms with Gasteiger partial charge < -0.3 is 20.1 Å². The van der Waals surface area contributed by atoms with Crippen molar-refractivity contribution >= 4 is 40.8 Å². The lowest BCUT2D eigenvalue weighted by Crippen LogP contribution is -2.34. The zero-order valence-electron chi connectivity index (χ0n) is 16.7. The molecule has 2 amide bonds. The third kappa shape index (κ3) is 6.94. The number of esters is 1. The van der Waals surface area contributed by atoms with Crippen molar-refractivity contribution in [3.05, 3.63) is 65.2 Å². The molecule has 0 fully saturated rings. The number of carbonyl (C=O) groups excluding carboxylic acids is 3. The predicted octanol–water partition coefficient (Wildman–Crippen LogP) is 2.37. The minimum atomic E-state index is -0.484. The Kier molecular flexibility index (Phi) is 8.92. The van der Waals surface area contributed by atoms with E-state index >= 15 is 0 Å². The fourth-order valence-electron chi connectivity index (χ4n) is 2.47. The van der Waals surface area contributed by atoms with Gasteiger partial charge in [0.15, 0.2) is 5.11 Å². The monoisotopic (exact) mass is 429 g/mol. The van der Waals surface area contributed by atoms with Gasteiger partial charge in [-0.1, -0.05) is 6.07 Å². The van der Waals surface area contributed by atoms with Crippen molar-refractivity contribution in [1.29, 1.82) is 0 Å². The second-order valence-electron chi connectivity index (χ2n) is 6.16. The summed E-state index contributed by atoms with van der Waals surface area (Å²) < 4.78 is 9.57. The number of nitrogens with one attached hydrogen (secondary N) is 3. The van der Waals surface area contributed by atoms with E-state index in [2.05, 4.69) is 20.7 Å². The molecule has 0 saturated heterocycles. The van der Waals surface area contributed by atoms with Gasteiger partial charge in [0.25, 0.3) is 11.8 Å². The minimum absolute atomic E-state index is 0.0784. The van der Waals surface area contributed by atoms with E-state index in [4.69, 9.17) is 17.0 Å². The maximum Gasteiger partial charge on any atom is 0.337 e. The molecule has 0 aromatic heterocycles. The average Bonchev–Trinajstić information content (AvgIpc) is 2.76. The lowest BCUT2D eigenvalue weighted by molar-refractivity contribution is 0.0600. The lowest BCUT2D eigenvalue weighted by atomic mass is 10.1. The van der Waals surface area contributed by atoms with E-state index in [1.165, 1.54) is 31.4 Å². The largest absolute Gasteiger partial charge is 0.465 e. The van der Waals surface area contributed by atoms with Crippen LogP contribution in [0.2, 0.25) is 0 Å². The Hall–Kier alpha value is -3.30. The summed E-state index contributed by atoms with van der Waals surface area (Å²) in [6.07, 6.45) is 0.719. The normalized spacial score (nSPS) is 10.1. The molecule has 2 rings (SSSR count). The highest BCUT2D eigenvalue weighted by molar-refractivity contribution is 7.80. The number of ether oxygens (including phenoxy) is 2. The number of methoxy groups -OCH3 is 2. The topological polar surface area (TPSA) is 106 Å². The van der Waals surface area contributed by atoms with Crippen molar-refractivity contribution < 1.29 is 23.9 Å². The van der Waals surface area contributed by atoms with Crippen LogP contribution in [-0.2, 0) is 9.47 Å². The number of amides is 2. The number of carbonyl (C=O) groups is 3. The van der Waals surface area contributed by atoms with Gasteiger partial charge in [-0.2, -0.15) is 0 Å². The molecule has 0 atom stereocenters. The molecule has 0 spiro atoms. The number of benzene rings is 2. The average molecular weight is 429 g/mol. The van der Waals surface area contributed by atoms with Gasteiger partial charge >= 0.3 is 5.97 Å². The smallest absolute Gasteiger partial charge is 0.337 e. The Morgan fingerprint density at radius 3 is 2.30 bits per heavy atom. The highest BCUT2D eigenvalue weighted by Crippen LogP contribution is 2.11. The maximum absolute atomic E-state index is 12.3. The molecule has 3 N–H and O–H groups in total. The summed E-state index contributed by atoms with van der Waals surface area (Å²) in [6, 6.07) is 12.7. The SMILES string of the molecule is COCCCNC(=O)c1cccc(NC(=S)NC(=O)c2ccc(C(=O)OC)cc2)c1. The lowest BCUT2D eigenvalue weighted by Gasteiger charge is -2.11. The number of anilines is 1. The van der Waals surface area contributed by atoms with Crippen LogP contribution in [0.1, 0.15) is 37.5 Å². The first kappa shape index (κ1) is 23.0. The van der Waals surface area contributed by atoms with Gasteiger partial charge in [0.2, 0.25) is 0 Å². The Balaban J connectivity index is 1.92. The molecule has 0 saturated carbocycles. The van der Waals surface area contributed by atoms with Gasteiger partial charge in [0.05, 0.1) is 12.7 Å². The van der Waals surface area contributed by atoms with Gasteiger partial charge in [0, 0.05) is 37.1 Å². The van der Waals surface area contributed by atoms with Crippen LogP contribution in [0.5, 0.6) is 0 Å². The van der Waals surface area contributed by atoms with E-state index in [1.54, 1.807) is 31.4 Å². The second-order valence-corrected chi connectivity index (χ2v) is 6.57. The molecule has 8 nitrogen and oxygen atoms in total. The van der Waals surface area contributed by atoms with Gasteiger partial charge in [-0.05, 0) is 61.1 Å². The van der Waals surface area contributed by atoms with E-state index < -0.39 is 11.9 Å². The Morgan fingerprint density at radius 1 is 0.933 bits per heavy atom. The van der Waals surface area contributed by atoms with Crippen LogP contribution < -0.4 is 16.0 Å². The van der Waals surface area contributed by atoms with Crippen molar-refractivity contribution in [2.75, 3.05) is 32.7 Å². The van der Waals surface area contributed by atoms with Crippen LogP contribution in [0.15, 0.2) is 48.5 Å². The third-order valence-corrected chi connectivity index (χ3v) is 4.19. The molecular weight excluding hydrogens is 406 g/mol. The van der Waals surface area contributed by atoms with Crippen molar-refractivity contribution in [2.45, 2.75) is 6.42 Å². The second kappa shape index (κ2) is 11.6. The van der Waals surface area contributed by atoms with Crippen LogP contribution in [-0.4, -0.2) is 50.3 Å². The van der Waals surface area contributed by atoms with Crippen molar-refractivity contribution in [3.8, 4) is 0 Å². The summed E-state index contributed by atoms with van der Waals surface area (Å²) in [5.74, 6) is -1.13. The zero-order valence-corrected chi connectivity index (χ0v) is 17.5. The molecular formula is C21H23N3O5S. The van der Waals surface area contributed by atoms with Crippen molar-refractivity contribution in [1.82, 2.24) is 10.6 Å². The first-order chi connectivity index (χ1) is 14.4. The molecule has 0 bridgehead atoms. The molecule has 2 aromatic rings. The van der Waals surface area contributed by atoms with E-state index in [0.29, 0.717) is 35.5 Å². The highest BCUT2D eigenvalue weighted by atomic mass is 32.1. The molecule has 0 aliphatic rings. The highest BCUT2D eigenvalue weighted by Gasteiger charge is 2.11. The molecule has 0 heterocycles. The maximum atomic E-state index is 12.3. The Bertz CT molecular complexity index is 915. The fraction of sp³-hybridized carbons (Fsp3) is 0.238. The first-order valence-corrected chi connectivity index (χ1v) is 9.53. The first-order valence-electron chi connectivity index (χ1n) is 9.12. The van der Waals surface area contributed by atoms with Crippen molar-refractivity contribution in [3.63, 3.8) is 0 Å².